The van der Waals surface area contributed by atoms with Gasteiger partial charge in [0.2, 0.25) is 0 Å². The zero-order valence-corrected chi connectivity index (χ0v) is 13.8. The lowest BCUT2D eigenvalue weighted by atomic mass is 10.1. The van der Waals surface area contributed by atoms with Crippen LogP contribution in [0.3, 0.4) is 0 Å². The summed E-state index contributed by atoms with van der Waals surface area (Å²) in [4.78, 5) is 0. The van der Waals surface area contributed by atoms with Crippen molar-refractivity contribution in [3.8, 4) is 0 Å². The van der Waals surface area contributed by atoms with Gasteiger partial charge in [0.05, 0.1) is 6.61 Å². The predicted octanol–water partition coefficient (Wildman–Crippen LogP) is 2.71. The summed E-state index contributed by atoms with van der Waals surface area (Å²) in [5.74, 6) is 0. The summed E-state index contributed by atoms with van der Waals surface area (Å²) >= 11 is 0. The van der Waals surface area contributed by atoms with Gasteiger partial charge in [-0.05, 0) is 6.42 Å². The average molecular weight is 330 g/mol. The summed E-state index contributed by atoms with van der Waals surface area (Å²) in [5.41, 5.74) is 0. The van der Waals surface area contributed by atoms with Gasteiger partial charge in [-0.25, -0.2) is 12.6 Å². The SMILES string of the molecule is CCCCCCCCCCCCOS(=O)(=O)O[SH](=O)=O. The van der Waals surface area contributed by atoms with Crippen LogP contribution in [0.25, 0.3) is 0 Å². The third kappa shape index (κ3) is 14.2. The molecule has 0 amide bonds. The molecule has 0 saturated heterocycles. The Morgan fingerprint density at radius 1 is 0.800 bits per heavy atom. The first-order valence-electron chi connectivity index (χ1n) is 7.21. The summed E-state index contributed by atoms with van der Waals surface area (Å²) in [6.07, 6.45) is 11.3. The molecule has 0 atom stereocenters. The molecule has 122 valence electrons. The third-order valence-electron chi connectivity index (χ3n) is 2.88. The molecule has 0 aliphatic carbocycles. The monoisotopic (exact) mass is 330 g/mol. The fourth-order valence-corrected chi connectivity index (χ4v) is 2.94. The molecule has 0 aliphatic rings. The number of hydrogen-bond acceptors (Lipinski definition) is 6. The van der Waals surface area contributed by atoms with Crippen LogP contribution in [0.4, 0.5) is 0 Å². The number of hydrogen-bond donors (Lipinski definition) is 1. The Labute approximate surface area is 124 Å². The van der Waals surface area contributed by atoms with Crippen molar-refractivity contribution in [2.45, 2.75) is 71.1 Å². The van der Waals surface area contributed by atoms with E-state index in [1.807, 2.05) is 0 Å². The molecule has 0 radical (unpaired) electrons. The molecule has 0 aliphatic heterocycles. The highest BCUT2D eigenvalue weighted by Crippen LogP contribution is 2.10. The molecule has 0 N–H and O–H groups in total. The highest BCUT2D eigenvalue weighted by Gasteiger charge is 2.12. The molecule has 0 aromatic carbocycles. The first-order chi connectivity index (χ1) is 9.48. The maximum Gasteiger partial charge on any atom is 0.414 e. The second kappa shape index (κ2) is 12.6. The lowest BCUT2D eigenvalue weighted by molar-refractivity contribution is 0.269. The van der Waals surface area contributed by atoms with Crippen molar-refractivity contribution in [3.05, 3.63) is 0 Å². The lowest BCUT2D eigenvalue weighted by Crippen LogP contribution is -2.10. The minimum Gasteiger partial charge on any atom is -0.247 e. The fourth-order valence-electron chi connectivity index (χ4n) is 1.85. The van der Waals surface area contributed by atoms with E-state index in [0.717, 1.165) is 19.3 Å². The normalized spacial score (nSPS) is 12.1. The van der Waals surface area contributed by atoms with Gasteiger partial charge in [0, 0.05) is 0 Å². The van der Waals surface area contributed by atoms with Crippen LogP contribution in [0, 0.1) is 0 Å². The maximum atomic E-state index is 10.9. The van der Waals surface area contributed by atoms with E-state index in [4.69, 9.17) is 0 Å². The maximum absolute atomic E-state index is 10.9. The molecule has 8 heteroatoms. The Hall–Kier alpha value is -0.180. The third-order valence-corrected chi connectivity index (χ3v) is 4.55. The summed E-state index contributed by atoms with van der Waals surface area (Å²) in [7, 11) is -7.83. The van der Waals surface area contributed by atoms with Gasteiger partial charge in [-0.1, -0.05) is 64.7 Å². The number of unbranched alkanes of at least 4 members (excludes halogenated alkanes) is 9. The smallest absolute Gasteiger partial charge is 0.247 e. The Kier molecular flexibility index (Phi) is 12.4. The van der Waals surface area contributed by atoms with Crippen LogP contribution in [0.2, 0.25) is 0 Å². The van der Waals surface area contributed by atoms with Crippen molar-refractivity contribution in [1.82, 2.24) is 0 Å². The van der Waals surface area contributed by atoms with E-state index in [0.29, 0.717) is 6.42 Å². The van der Waals surface area contributed by atoms with E-state index in [2.05, 4.69) is 14.7 Å². The Morgan fingerprint density at radius 3 is 1.70 bits per heavy atom. The van der Waals surface area contributed by atoms with Gasteiger partial charge in [-0.3, -0.25) is 0 Å². The van der Waals surface area contributed by atoms with Gasteiger partial charge in [0.15, 0.2) is 0 Å². The van der Waals surface area contributed by atoms with Gasteiger partial charge in [0.1, 0.15) is 0 Å². The van der Waals surface area contributed by atoms with Crippen molar-refractivity contribution in [2.75, 3.05) is 6.61 Å². The standard InChI is InChI=1S/C12H26O6S2/c1-2-3-4-5-6-7-8-9-10-11-12-17-20(15,16)18-19(13)14/h19H,2-12H2,1H3. The number of rotatable bonds is 14. The second-order valence-electron chi connectivity index (χ2n) is 4.71. The molecular formula is C12H26O6S2. The van der Waals surface area contributed by atoms with E-state index in [-0.39, 0.29) is 6.61 Å². The van der Waals surface area contributed by atoms with E-state index >= 15 is 0 Å². The molecule has 0 saturated carbocycles. The van der Waals surface area contributed by atoms with Crippen molar-refractivity contribution in [1.29, 1.82) is 0 Å². The van der Waals surface area contributed by atoms with E-state index in [1.54, 1.807) is 0 Å². The van der Waals surface area contributed by atoms with Crippen molar-refractivity contribution in [2.24, 2.45) is 0 Å². The minimum absolute atomic E-state index is 0.0397. The highest BCUT2D eigenvalue weighted by molar-refractivity contribution is 7.89. The topological polar surface area (TPSA) is 86.7 Å². The zero-order chi connectivity index (χ0) is 15.3. The van der Waals surface area contributed by atoms with Crippen LogP contribution >= 0.6 is 0 Å². The molecule has 0 aromatic heterocycles. The molecule has 0 fully saturated rings. The molecule has 0 spiro atoms. The predicted molar refractivity (Wildman–Crippen MR) is 78.1 cm³/mol. The van der Waals surface area contributed by atoms with Crippen LogP contribution in [-0.2, 0) is 29.2 Å². The Balaban J connectivity index is 3.32. The van der Waals surface area contributed by atoms with E-state index < -0.39 is 21.4 Å². The average Bonchev–Trinajstić information content (AvgIpc) is 2.34. The van der Waals surface area contributed by atoms with Crippen LogP contribution in [0.5, 0.6) is 0 Å². The highest BCUT2D eigenvalue weighted by atomic mass is 32.3. The Bertz CT molecular complexity index is 381. The molecule has 0 bridgehead atoms. The molecule has 20 heavy (non-hydrogen) atoms. The number of thiol groups is 1. The summed E-state index contributed by atoms with van der Waals surface area (Å²) < 4.78 is 49.9. The van der Waals surface area contributed by atoms with E-state index in [9.17, 15) is 16.8 Å². The fraction of sp³-hybridized carbons (Fsp3) is 1.00. The summed E-state index contributed by atoms with van der Waals surface area (Å²) in [5, 5.41) is 0. The zero-order valence-electron chi connectivity index (χ0n) is 12.1. The first kappa shape index (κ1) is 19.8. The van der Waals surface area contributed by atoms with Gasteiger partial charge in [0.25, 0.3) is 11.0 Å². The molecule has 0 unspecified atom stereocenters. The molecule has 6 nitrogen and oxygen atoms in total. The van der Waals surface area contributed by atoms with Crippen molar-refractivity contribution in [3.63, 3.8) is 0 Å². The van der Waals surface area contributed by atoms with Crippen molar-refractivity contribution >= 4 is 21.4 Å². The molecular weight excluding hydrogens is 304 g/mol. The van der Waals surface area contributed by atoms with Gasteiger partial charge >= 0.3 is 10.4 Å². The van der Waals surface area contributed by atoms with Crippen LogP contribution < -0.4 is 0 Å². The van der Waals surface area contributed by atoms with Gasteiger partial charge in [-0.15, -0.1) is 3.63 Å². The lowest BCUT2D eigenvalue weighted by Gasteiger charge is -2.03. The van der Waals surface area contributed by atoms with Gasteiger partial charge < -0.3 is 0 Å². The van der Waals surface area contributed by atoms with E-state index in [1.165, 1.54) is 38.5 Å². The summed E-state index contributed by atoms with van der Waals surface area (Å²) in [6.45, 7) is 2.16. The quantitative estimate of drug-likeness (QED) is 0.389. The Morgan fingerprint density at radius 2 is 1.25 bits per heavy atom. The largest absolute Gasteiger partial charge is 0.414 e. The minimum atomic E-state index is -4.39. The van der Waals surface area contributed by atoms with Crippen LogP contribution in [0.15, 0.2) is 0 Å². The van der Waals surface area contributed by atoms with Crippen molar-refractivity contribution < 1.29 is 24.6 Å². The molecule has 0 rings (SSSR count). The second-order valence-corrected chi connectivity index (χ2v) is 6.81. The van der Waals surface area contributed by atoms with Gasteiger partial charge in [-0.2, -0.15) is 8.42 Å². The molecule has 0 heterocycles. The molecule has 0 aromatic rings. The first-order valence-corrected chi connectivity index (χ1v) is 9.64. The van der Waals surface area contributed by atoms with Crippen LogP contribution in [0.1, 0.15) is 71.1 Å². The van der Waals surface area contributed by atoms with Crippen LogP contribution in [-0.4, -0.2) is 23.4 Å². The summed E-state index contributed by atoms with van der Waals surface area (Å²) in [6, 6.07) is 0.